The molecule has 0 bridgehead atoms. The summed E-state index contributed by atoms with van der Waals surface area (Å²) in [4.78, 5) is 42.6. The Labute approximate surface area is 222 Å². The third-order valence-corrected chi connectivity index (χ3v) is 6.38. The van der Waals surface area contributed by atoms with E-state index in [1.54, 1.807) is 25.7 Å². The monoisotopic (exact) mass is 509 g/mol. The van der Waals surface area contributed by atoms with Crippen molar-refractivity contribution in [2.45, 2.75) is 92.0 Å². The van der Waals surface area contributed by atoms with E-state index in [-0.39, 0.29) is 17.7 Å². The number of hydrogen-bond acceptors (Lipinski definition) is 4. The van der Waals surface area contributed by atoms with Crippen molar-refractivity contribution in [1.29, 1.82) is 0 Å². The SMILES string of the molecule is CCC(C)(C)N(C(=O)C(NC(=O)OC(C)(C)C)C(C)C)C(C(=O)Nc1ccccc1C)c1ccccc1. The van der Waals surface area contributed by atoms with Crippen LogP contribution in [0.4, 0.5) is 10.5 Å². The van der Waals surface area contributed by atoms with Crippen LogP contribution >= 0.6 is 0 Å². The smallest absolute Gasteiger partial charge is 0.408 e. The fourth-order valence-electron chi connectivity index (χ4n) is 4.01. The predicted molar refractivity (Wildman–Crippen MR) is 148 cm³/mol. The minimum absolute atomic E-state index is 0.244. The number of amides is 3. The summed E-state index contributed by atoms with van der Waals surface area (Å²) in [6, 6.07) is 15.0. The van der Waals surface area contributed by atoms with Crippen LogP contribution in [0.15, 0.2) is 54.6 Å². The number of carbonyl (C=O) groups excluding carboxylic acids is 3. The molecule has 0 radical (unpaired) electrons. The largest absolute Gasteiger partial charge is 0.444 e. The number of anilines is 1. The second-order valence-electron chi connectivity index (χ2n) is 11.4. The number of para-hydroxylation sites is 1. The summed E-state index contributed by atoms with van der Waals surface area (Å²) in [5.41, 5.74) is 0.869. The number of benzene rings is 2. The van der Waals surface area contributed by atoms with Crippen molar-refractivity contribution in [2.24, 2.45) is 5.92 Å². The Bertz CT molecular complexity index is 1070. The average molecular weight is 510 g/mol. The molecule has 0 aliphatic rings. The van der Waals surface area contributed by atoms with Crippen LogP contribution in [0.2, 0.25) is 0 Å². The van der Waals surface area contributed by atoms with Gasteiger partial charge in [0.15, 0.2) is 0 Å². The van der Waals surface area contributed by atoms with Gasteiger partial charge in [0.1, 0.15) is 17.7 Å². The summed E-state index contributed by atoms with van der Waals surface area (Å²) in [6.07, 6.45) is -0.0776. The lowest BCUT2D eigenvalue weighted by atomic mass is 9.90. The van der Waals surface area contributed by atoms with Gasteiger partial charge in [0.2, 0.25) is 5.91 Å². The number of ether oxygens (including phenoxy) is 1. The highest BCUT2D eigenvalue weighted by atomic mass is 16.6. The Morgan fingerprint density at radius 2 is 1.49 bits per heavy atom. The van der Waals surface area contributed by atoms with Gasteiger partial charge in [-0.15, -0.1) is 0 Å². The first-order valence-electron chi connectivity index (χ1n) is 12.9. The summed E-state index contributed by atoms with van der Waals surface area (Å²) < 4.78 is 5.44. The molecule has 7 heteroatoms. The first-order chi connectivity index (χ1) is 17.2. The molecule has 2 atom stereocenters. The van der Waals surface area contributed by atoms with Crippen LogP contribution in [0.25, 0.3) is 0 Å². The Morgan fingerprint density at radius 1 is 0.919 bits per heavy atom. The van der Waals surface area contributed by atoms with E-state index in [2.05, 4.69) is 10.6 Å². The lowest BCUT2D eigenvalue weighted by Crippen LogP contribution is -2.60. The molecule has 0 heterocycles. The van der Waals surface area contributed by atoms with Crippen LogP contribution in [0, 0.1) is 12.8 Å². The van der Waals surface area contributed by atoms with E-state index >= 15 is 0 Å². The highest BCUT2D eigenvalue weighted by molar-refractivity contribution is 5.99. The van der Waals surface area contributed by atoms with Crippen LogP contribution in [-0.4, -0.2) is 40.0 Å². The number of nitrogens with one attached hydrogen (secondary N) is 2. The fourth-order valence-corrected chi connectivity index (χ4v) is 4.01. The summed E-state index contributed by atoms with van der Waals surface area (Å²) in [6.45, 7) is 16.8. The second-order valence-corrected chi connectivity index (χ2v) is 11.4. The zero-order valence-electron chi connectivity index (χ0n) is 23.7. The molecule has 2 aromatic rings. The quantitative estimate of drug-likeness (QED) is 0.419. The van der Waals surface area contributed by atoms with Crippen molar-refractivity contribution < 1.29 is 19.1 Å². The van der Waals surface area contributed by atoms with Crippen LogP contribution in [-0.2, 0) is 14.3 Å². The number of aryl methyl sites for hydroxylation is 1. The van der Waals surface area contributed by atoms with Crippen LogP contribution < -0.4 is 10.6 Å². The molecular weight excluding hydrogens is 466 g/mol. The molecule has 2 rings (SSSR count). The Hall–Kier alpha value is -3.35. The molecule has 2 unspecified atom stereocenters. The number of carbonyl (C=O) groups is 3. The molecule has 37 heavy (non-hydrogen) atoms. The van der Waals surface area contributed by atoms with Gasteiger partial charge in [0, 0.05) is 11.2 Å². The Morgan fingerprint density at radius 3 is 2.00 bits per heavy atom. The molecule has 2 N–H and O–H groups in total. The van der Waals surface area contributed by atoms with E-state index in [0.29, 0.717) is 17.7 Å². The summed E-state index contributed by atoms with van der Waals surface area (Å²) in [5, 5.41) is 5.80. The lowest BCUT2D eigenvalue weighted by molar-refractivity contribution is -0.148. The van der Waals surface area contributed by atoms with Gasteiger partial charge >= 0.3 is 6.09 Å². The average Bonchev–Trinajstić information content (AvgIpc) is 2.81. The number of rotatable bonds is 9. The van der Waals surface area contributed by atoms with E-state index in [9.17, 15) is 14.4 Å². The van der Waals surface area contributed by atoms with Gasteiger partial charge in [0.05, 0.1) is 0 Å². The molecule has 0 saturated heterocycles. The van der Waals surface area contributed by atoms with Gasteiger partial charge in [-0.2, -0.15) is 0 Å². The van der Waals surface area contributed by atoms with Crippen molar-refractivity contribution in [3.8, 4) is 0 Å². The lowest BCUT2D eigenvalue weighted by Gasteiger charge is -2.45. The Balaban J connectivity index is 2.59. The van der Waals surface area contributed by atoms with E-state index in [0.717, 1.165) is 5.56 Å². The first-order valence-corrected chi connectivity index (χ1v) is 12.9. The Kier molecular flexibility index (Phi) is 9.90. The molecule has 0 aliphatic heterocycles. The van der Waals surface area contributed by atoms with Crippen molar-refractivity contribution >= 4 is 23.6 Å². The second kappa shape index (κ2) is 12.3. The highest BCUT2D eigenvalue weighted by Gasteiger charge is 2.43. The molecule has 202 valence electrons. The van der Waals surface area contributed by atoms with E-state index in [1.165, 1.54) is 0 Å². The zero-order valence-corrected chi connectivity index (χ0v) is 23.7. The van der Waals surface area contributed by atoms with Gasteiger partial charge < -0.3 is 20.3 Å². The van der Waals surface area contributed by atoms with Crippen molar-refractivity contribution in [1.82, 2.24) is 10.2 Å². The molecule has 0 saturated carbocycles. The van der Waals surface area contributed by atoms with Gasteiger partial charge in [-0.3, -0.25) is 9.59 Å². The minimum Gasteiger partial charge on any atom is -0.444 e. The van der Waals surface area contributed by atoms with E-state index < -0.39 is 29.3 Å². The molecule has 0 aliphatic carbocycles. The standard InChI is InChI=1S/C30H43N3O4/c1-10-30(8,9)33(27(35)24(20(2)3)32-28(36)37-29(5,6)7)25(22-17-12-11-13-18-22)26(34)31-23-19-15-14-16-21(23)4/h11-20,24-25H,10H2,1-9H3,(H,31,34)(H,32,36). The third kappa shape index (κ3) is 8.07. The van der Waals surface area contributed by atoms with Crippen molar-refractivity contribution in [2.75, 3.05) is 5.32 Å². The van der Waals surface area contributed by atoms with Crippen LogP contribution in [0.5, 0.6) is 0 Å². The summed E-state index contributed by atoms with van der Waals surface area (Å²) in [7, 11) is 0. The topological polar surface area (TPSA) is 87.7 Å². The first kappa shape index (κ1) is 29.9. The zero-order chi connectivity index (χ0) is 28.0. The van der Waals surface area contributed by atoms with Crippen LogP contribution in [0.3, 0.4) is 0 Å². The molecule has 2 aromatic carbocycles. The molecule has 3 amide bonds. The van der Waals surface area contributed by atoms with Gasteiger partial charge in [-0.05, 0) is 71.1 Å². The van der Waals surface area contributed by atoms with E-state index in [4.69, 9.17) is 4.74 Å². The van der Waals surface area contributed by atoms with Crippen LogP contribution in [0.1, 0.15) is 79.0 Å². The molecule has 0 fully saturated rings. The van der Waals surface area contributed by atoms with Gasteiger partial charge in [-0.25, -0.2) is 4.79 Å². The maximum absolute atomic E-state index is 14.3. The molecule has 0 aromatic heterocycles. The fraction of sp³-hybridized carbons (Fsp3) is 0.500. The van der Waals surface area contributed by atoms with E-state index in [1.807, 2.05) is 96.1 Å². The van der Waals surface area contributed by atoms with Gasteiger partial charge in [0.25, 0.3) is 5.91 Å². The predicted octanol–water partition coefficient (Wildman–Crippen LogP) is 6.24. The molecule has 7 nitrogen and oxygen atoms in total. The molecule has 0 spiro atoms. The van der Waals surface area contributed by atoms with Crippen molar-refractivity contribution in [3.63, 3.8) is 0 Å². The maximum atomic E-state index is 14.3. The third-order valence-electron chi connectivity index (χ3n) is 6.38. The summed E-state index contributed by atoms with van der Waals surface area (Å²) in [5.74, 6) is -0.914. The molecular formula is C30H43N3O4. The van der Waals surface area contributed by atoms with Crippen molar-refractivity contribution in [3.05, 3.63) is 65.7 Å². The number of alkyl carbamates (subject to hydrolysis) is 1. The van der Waals surface area contributed by atoms with Gasteiger partial charge in [-0.1, -0.05) is 69.3 Å². The normalized spacial score (nSPS) is 13.5. The highest BCUT2D eigenvalue weighted by Crippen LogP contribution is 2.34. The number of hydrogen-bond donors (Lipinski definition) is 2. The maximum Gasteiger partial charge on any atom is 0.408 e. The minimum atomic E-state index is -0.926. The number of nitrogens with zero attached hydrogens (tertiary/aromatic N) is 1. The summed E-state index contributed by atoms with van der Waals surface area (Å²) >= 11 is 0.